The van der Waals surface area contributed by atoms with Crippen LogP contribution >= 0.6 is 11.3 Å². The van der Waals surface area contributed by atoms with Crippen LogP contribution in [0.3, 0.4) is 0 Å². The highest BCUT2D eigenvalue weighted by molar-refractivity contribution is 7.83. The Morgan fingerprint density at radius 3 is 2.70 bits per heavy atom. The number of amides is 1. The van der Waals surface area contributed by atoms with E-state index >= 15 is 0 Å². The van der Waals surface area contributed by atoms with Crippen LogP contribution in [0.1, 0.15) is 21.1 Å². The summed E-state index contributed by atoms with van der Waals surface area (Å²) in [6, 6.07) is 15.4. The second kappa shape index (κ2) is 7.25. The molecule has 5 nitrogen and oxygen atoms in total. The number of rotatable bonds is 5. The molecule has 0 N–H and O–H groups in total. The van der Waals surface area contributed by atoms with Gasteiger partial charge in [-0.05, 0) is 18.2 Å². The standard InChI is InChI=1S/C20H18N2O3S2/c1-22(11-18-21-15-8-4-6-10-17(15)26-18)20(23)19-14(12-27(2)24)13-7-3-5-9-16(13)25-19/h3-10H,11-12H2,1-2H3/t27-/m0/s1. The Morgan fingerprint density at radius 1 is 1.19 bits per heavy atom. The van der Waals surface area contributed by atoms with E-state index in [4.69, 9.17) is 4.42 Å². The third kappa shape index (κ3) is 3.52. The molecule has 2 aromatic heterocycles. The molecule has 0 fully saturated rings. The summed E-state index contributed by atoms with van der Waals surface area (Å²) in [4.78, 5) is 19.2. The lowest BCUT2D eigenvalue weighted by Gasteiger charge is -2.14. The highest BCUT2D eigenvalue weighted by Crippen LogP contribution is 2.29. The lowest BCUT2D eigenvalue weighted by atomic mass is 10.1. The van der Waals surface area contributed by atoms with Gasteiger partial charge in [-0.2, -0.15) is 0 Å². The van der Waals surface area contributed by atoms with Gasteiger partial charge in [-0.15, -0.1) is 11.3 Å². The average molecular weight is 399 g/mol. The van der Waals surface area contributed by atoms with Crippen molar-refractivity contribution in [3.8, 4) is 0 Å². The predicted octanol–water partition coefficient (Wildman–Crippen LogP) is 4.19. The predicted molar refractivity (Wildman–Crippen MR) is 109 cm³/mol. The van der Waals surface area contributed by atoms with Crippen LogP contribution in [0, 0.1) is 0 Å². The van der Waals surface area contributed by atoms with Gasteiger partial charge in [0.05, 0.1) is 22.5 Å². The summed E-state index contributed by atoms with van der Waals surface area (Å²) in [6.45, 7) is 0.393. The molecule has 2 aromatic carbocycles. The third-order valence-corrected chi connectivity index (χ3v) is 6.01. The summed E-state index contributed by atoms with van der Waals surface area (Å²) < 4.78 is 18.8. The number of hydrogen-bond donors (Lipinski definition) is 0. The molecule has 4 rings (SSSR count). The van der Waals surface area contributed by atoms with E-state index in [-0.39, 0.29) is 17.4 Å². The van der Waals surface area contributed by atoms with Crippen molar-refractivity contribution in [1.29, 1.82) is 0 Å². The maximum atomic E-state index is 13.0. The van der Waals surface area contributed by atoms with Crippen molar-refractivity contribution in [2.75, 3.05) is 13.3 Å². The zero-order valence-electron chi connectivity index (χ0n) is 15.0. The van der Waals surface area contributed by atoms with Crippen molar-refractivity contribution >= 4 is 49.2 Å². The number of thiazole rings is 1. The first-order valence-electron chi connectivity index (χ1n) is 8.43. The zero-order chi connectivity index (χ0) is 19.0. The summed E-state index contributed by atoms with van der Waals surface area (Å²) in [5, 5.41) is 1.70. The maximum absolute atomic E-state index is 13.0. The van der Waals surface area contributed by atoms with Crippen molar-refractivity contribution in [2.45, 2.75) is 12.3 Å². The molecular weight excluding hydrogens is 380 g/mol. The SMILES string of the molecule is CN(Cc1nc2ccccc2s1)C(=O)c1oc2ccccc2c1C[S@](C)=O. The summed E-state index contributed by atoms with van der Waals surface area (Å²) in [6.07, 6.45) is 1.63. The molecule has 0 aliphatic carbocycles. The van der Waals surface area contributed by atoms with Gasteiger partial charge >= 0.3 is 0 Å². The number of carbonyl (C=O) groups excluding carboxylic acids is 1. The lowest BCUT2D eigenvalue weighted by Crippen LogP contribution is -2.26. The van der Waals surface area contributed by atoms with E-state index in [0.717, 1.165) is 20.6 Å². The number of fused-ring (bicyclic) bond motifs is 2. The van der Waals surface area contributed by atoms with Crippen molar-refractivity contribution in [3.05, 3.63) is 64.9 Å². The van der Waals surface area contributed by atoms with Gasteiger partial charge in [0.25, 0.3) is 5.91 Å². The first-order chi connectivity index (χ1) is 13.0. The Hall–Kier alpha value is -2.51. The average Bonchev–Trinajstić information content (AvgIpc) is 3.21. The summed E-state index contributed by atoms with van der Waals surface area (Å²) in [5.41, 5.74) is 2.27. The fourth-order valence-corrected chi connectivity index (χ4v) is 4.77. The Bertz CT molecular complexity index is 1130. The van der Waals surface area contributed by atoms with Crippen molar-refractivity contribution in [3.63, 3.8) is 0 Å². The van der Waals surface area contributed by atoms with Gasteiger partial charge in [0, 0.05) is 35.1 Å². The Kier molecular flexibility index (Phi) is 4.80. The molecule has 0 aliphatic rings. The minimum Gasteiger partial charge on any atom is -0.451 e. The van der Waals surface area contributed by atoms with Gasteiger partial charge < -0.3 is 9.32 Å². The molecule has 2 heterocycles. The molecule has 1 atom stereocenters. The number of para-hydroxylation sites is 2. The van der Waals surface area contributed by atoms with Crippen LogP contribution in [0.25, 0.3) is 21.2 Å². The molecule has 0 radical (unpaired) electrons. The molecule has 0 unspecified atom stereocenters. The fourth-order valence-electron chi connectivity index (χ4n) is 3.05. The van der Waals surface area contributed by atoms with Gasteiger partial charge in [-0.25, -0.2) is 4.98 Å². The normalized spacial score (nSPS) is 12.5. The van der Waals surface area contributed by atoms with Gasteiger partial charge in [-0.3, -0.25) is 9.00 Å². The first-order valence-corrected chi connectivity index (χ1v) is 11.0. The number of furan rings is 1. The van der Waals surface area contributed by atoms with E-state index in [1.165, 1.54) is 0 Å². The summed E-state index contributed by atoms with van der Waals surface area (Å²) in [7, 11) is 0.650. The van der Waals surface area contributed by atoms with E-state index in [2.05, 4.69) is 4.98 Å². The van der Waals surface area contributed by atoms with Crippen LogP contribution in [0.4, 0.5) is 0 Å². The van der Waals surface area contributed by atoms with Crippen LogP contribution in [-0.4, -0.2) is 33.3 Å². The minimum absolute atomic E-state index is 0.231. The molecule has 0 bridgehead atoms. The van der Waals surface area contributed by atoms with Crippen molar-refractivity contribution in [2.24, 2.45) is 0 Å². The monoisotopic (exact) mass is 398 g/mol. The second-order valence-electron chi connectivity index (χ2n) is 6.36. The van der Waals surface area contributed by atoms with Gasteiger partial charge in [0.1, 0.15) is 10.6 Å². The molecule has 0 saturated heterocycles. The third-order valence-electron chi connectivity index (χ3n) is 4.30. The van der Waals surface area contributed by atoms with Crippen molar-refractivity contribution in [1.82, 2.24) is 9.88 Å². The molecule has 0 saturated carbocycles. The van der Waals surface area contributed by atoms with Gasteiger partial charge in [0.2, 0.25) is 0 Å². The smallest absolute Gasteiger partial charge is 0.290 e. The van der Waals surface area contributed by atoms with Gasteiger partial charge in [0.15, 0.2) is 5.76 Å². The van der Waals surface area contributed by atoms with E-state index in [1.807, 2.05) is 48.5 Å². The topological polar surface area (TPSA) is 63.4 Å². The molecule has 27 heavy (non-hydrogen) atoms. The van der Waals surface area contributed by atoms with Crippen molar-refractivity contribution < 1.29 is 13.4 Å². The summed E-state index contributed by atoms with van der Waals surface area (Å²) >= 11 is 1.57. The van der Waals surface area contributed by atoms with Crippen LogP contribution in [0.2, 0.25) is 0 Å². The maximum Gasteiger partial charge on any atom is 0.290 e. The number of hydrogen-bond acceptors (Lipinski definition) is 5. The fraction of sp³-hybridized carbons (Fsp3) is 0.200. The Morgan fingerprint density at radius 2 is 1.93 bits per heavy atom. The zero-order valence-corrected chi connectivity index (χ0v) is 16.6. The Labute approximate surface area is 163 Å². The molecule has 1 amide bonds. The molecule has 4 aromatic rings. The molecule has 7 heteroatoms. The molecular formula is C20H18N2O3S2. The summed E-state index contributed by atoms with van der Waals surface area (Å²) in [5.74, 6) is 0.313. The first kappa shape index (κ1) is 17.9. The van der Waals surface area contributed by atoms with Crippen LogP contribution in [0.5, 0.6) is 0 Å². The second-order valence-corrected chi connectivity index (χ2v) is 8.91. The highest BCUT2D eigenvalue weighted by Gasteiger charge is 2.24. The highest BCUT2D eigenvalue weighted by atomic mass is 32.2. The molecule has 0 spiro atoms. The van der Waals surface area contributed by atoms with Gasteiger partial charge in [-0.1, -0.05) is 30.3 Å². The number of carbonyl (C=O) groups is 1. The van der Waals surface area contributed by atoms with Crippen LogP contribution in [-0.2, 0) is 23.1 Å². The van der Waals surface area contributed by atoms with E-state index in [9.17, 15) is 9.00 Å². The largest absolute Gasteiger partial charge is 0.451 e. The Balaban J connectivity index is 1.65. The van der Waals surface area contributed by atoms with Crippen LogP contribution < -0.4 is 0 Å². The minimum atomic E-state index is -1.08. The van der Waals surface area contributed by atoms with E-state index in [1.54, 1.807) is 29.5 Å². The lowest BCUT2D eigenvalue weighted by molar-refractivity contribution is 0.0754. The van der Waals surface area contributed by atoms with E-state index in [0.29, 0.717) is 17.7 Å². The van der Waals surface area contributed by atoms with E-state index < -0.39 is 10.8 Å². The van der Waals surface area contributed by atoms with Crippen LogP contribution in [0.15, 0.2) is 52.9 Å². The number of aromatic nitrogens is 1. The number of benzene rings is 2. The molecule has 138 valence electrons. The quantitative estimate of drug-likeness (QED) is 0.506. The molecule has 0 aliphatic heterocycles. The number of nitrogens with zero attached hydrogens (tertiary/aromatic N) is 2.